The molecule has 0 aliphatic heterocycles. The van der Waals surface area contributed by atoms with Crippen molar-refractivity contribution in [3.63, 3.8) is 0 Å². The van der Waals surface area contributed by atoms with Gasteiger partial charge in [-0.1, -0.05) is 23.7 Å². The number of pyridine rings is 1. The van der Waals surface area contributed by atoms with E-state index in [1.165, 1.54) is 12.3 Å². The summed E-state index contributed by atoms with van der Waals surface area (Å²) in [5.41, 5.74) is 2.02. The van der Waals surface area contributed by atoms with Crippen LogP contribution in [-0.4, -0.2) is 10.8 Å². The second kappa shape index (κ2) is 5.27. The van der Waals surface area contributed by atoms with E-state index >= 15 is 0 Å². The van der Waals surface area contributed by atoms with E-state index < -0.39 is 5.82 Å². The Morgan fingerprint density at radius 3 is 2.78 bits per heavy atom. The zero-order valence-corrected chi connectivity index (χ0v) is 10.5. The second-order valence-corrected chi connectivity index (χ2v) is 4.49. The molecule has 2 rings (SSSR count). The van der Waals surface area contributed by atoms with Crippen molar-refractivity contribution < 1.29 is 9.18 Å². The monoisotopic (exact) mass is 263 g/mol. The quantitative estimate of drug-likeness (QED) is 0.792. The summed E-state index contributed by atoms with van der Waals surface area (Å²) in [7, 11) is 0. The molecule has 1 aromatic carbocycles. The van der Waals surface area contributed by atoms with Gasteiger partial charge in [0.15, 0.2) is 5.78 Å². The summed E-state index contributed by atoms with van der Waals surface area (Å²) in [6, 6.07) is 6.67. The van der Waals surface area contributed by atoms with E-state index in [9.17, 15) is 9.18 Å². The molecule has 0 aliphatic rings. The Labute approximate surface area is 109 Å². The van der Waals surface area contributed by atoms with Crippen molar-refractivity contribution in [1.29, 1.82) is 0 Å². The largest absolute Gasteiger partial charge is 0.294 e. The second-order valence-electron chi connectivity index (χ2n) is 4.09. The average Bonchev–Trinajstić information content (AvgIpc) is 2.32. The summed E-state index contributed by atoms with van der Waals surface area (Å²) in [5.74, 6) is -0.719. The molecule has 0 amide bonds. The van der Waals surface area contributed by atoms with Gasteiger partial charge in [0.2, 0.25) is 0 Å². The van der Waals surface area contributed by atoms with Gasteiger partial charge in [-0.05, 0) is 30.2 Å². The predicted molar refractivity (Wildman–Crippen MR) is 68.4 cm³/mol. The van der Waals surface area contributed by atoms with Crippen LogP contribution in [0.1, 0.15) is 21.5 Å². The molecule has 1 heterocycles. The molecule has 0 saturated heterocycles. The lowest BCUT2D eigenvalue weighted by molar-refractivity contribution is 0.0992. The SMILES string of the molecule is Cc1ccc(CC(=O)c2cncc(F)c2)c(Cl)c1. The topological polar surface area (TPSA) is 30.0 Å². The third-order valence-electron chi connectivity index (χ3n) is 2.59. The number of hydrogen-bond donors (Lipinski definition) is 0. The lowest BCUT2D eigenvalue weighted by Gasteiger charge is -2.05. The summed E-state index contributed by atoms with van der Waals surface area (Å²) >= 11 is 6.05. The fourth-order valence-electron chi connectivity index (χ4n) is 1.64. The summed E-state index contributed by atoms with van der Waals surface area (Å²) in [6.07, 6.45) is 2.56. The highest BCUT2D eigenvalue weighted by Crippen LogP contribution is 2.19. The van der Waals surface area contributed by atoms with Gasteiger partial charge in [0, 0.05) is 23.2 Å². The van der Waals surface area contributed by atoms with Crippen molar-refractivity contribution in [2.24, 2.45) is 0 Å². The number of ketones is 1. The van der Waals surface area contributed by atoms with Crippen LogP contribution in [0.3, 0.4) is 0 Å². The third kappa shape index (κ3) is 2.93. The average molecular weight is 264 g/mol. The van der Waals surface area contributed by atoms with Gasteiger partial charge in [0.05, 0.1) is 6.20 Å². The normalized spacial score (nSPS) is 10.4. The lowest BCUT2D eigenvalue weighted by atomic mass is 10.0. The summed E-state index contributed by atoms with van der Waals surface area (Å²) < 4.78 is 13.0. The van der Waals surface area contributed by atoms with Crippen LogP contribution < -0.4 is 0 Å². The first-order valence-corrected chi connectivity index (χ1v) is 5.83. The Morgan fingerprint density at radius 1 is 1.33 bits per heavy atom. The van der Waals surface area contributed by atoms with Gasteiger partial charge >= 0.3 is 0 Å². The first kappa shape index (κ1) is 12.7. The molecule has 0 fully saturated rings. The number of rotatable bonds is 3. The zero-order chi connectivity index (χ0) is 13.1. The van der Waals surface area contributed by atoms with E-state index in [0.717, 1.165) is 17.3 Å². The molecule has 0 N–H and O–H groups in total. The van der Waals surface area contributed by atoms with Gasteiger partial charge < -0.3 is 0 Å². The highest BCUT2D eigenvalue weighted by molar-refractivity contribution is 6.31. The smallest absolute Gasteiger partial charge is 0.168 e. The van der Waals surface area contributed by atoms with Crippen LogP contribution in [-0.2, 0) is 6.42 Å². The molecule has 18 heavy (non-hydrogen) atoms. The first-order chi connectivity index (χ1) is 8.56. The fourth-order valence-corrected chi connectivity index (χ4v) is 1.94. The van der Waals surface area contributed by atoms with E-state index in [4.69, 9.17) is 11.6 Å². The van der Waals surface area contributed by atoms with Crippen LogP contribution in [0.2, 0.25) is 5.02 Å². The van der Waals surface area contributed by atoms with E-state index in [1.807, 2.05) is 19.1 Å². The van der Waals surface area contributed by atoms with Crippen molar-refractivity contribution in [2.45, 2.75) is 13.3 Å². The maximum absolute atomic E-state index is 13.0. The number of nitrogens with zero attached hydrogens (tertiary/aromatic N) is 1. The van der Waals surface area contributed by atoms with Gasteiger partial charge in [-0.3, -0.25) is 9.78 Å². The Balaban J connectivity index is 2.21. The summed E-state index contributed by atoms with van der Waals surface area (Å²) in [6.45, 7) is 1.92. The van der Waals surface area contributed by atoms with Crippen molar-refractivity contribution >= 4 is 17.4 Å². The molecule has 0 unspecified atom stereocenters. The Morgan fingerprint density at radius 2 is 2.11 bits per heavy atom. The van der Waals surface area contributed by atoms with Crippen LogP contribution in [0.5, 0.6) is 0 Å². The van der Waals surface area contributed by atoms with Crippen molar-refractivity contribution in [1.82, 2.24) is 4.98 Å². The zero-order valence-electron chi connectivity index (χ0n) is 9.78. The van der Waals surface area contributed by atoms with Crippen LogP contribution >= 0.6 is 11.6 Å². The van der Waals surface area contributed by atoms with Gasteiger partial charge in [0.1, 0.15) is 5.82 Å². The predicted octanol–water partition coefficient (Wildman–Crippen LogP) is 3.61. The Hall–Kier alpha value is -1.74. The highest BCUT2D eigenvalue weighted by atomic mass is 35.5. The van der Waals surface area contributed by atoms with Crippen LogP contribution in [0, 0.1) is 12.7 Å². The maximum atomic E-state index is 13.0. The molecule has 0 radical (unpaired) electrons. The molecule has 2 nitrogen and oxygen atoms in total. The molecular formula is C14H11ClFNO. The standard InChI is InChI=1S/C14H11ClFNO/c1-9-2-3-10(13(15)4-9)6-14(18)11-5-12(16)8-17-7-11/h2-5,7-8H,6H2,1H3. The molecule has 1 aromatic heterocycles. The van der Waals surface area contributed by atoms with E-state index in [2.05, 4.69) is 4.98 Å². The molecule has 4 heteroatoms. The minimum absolute atomic E-state index is 0.143. The molecule has 0 spiro atoms. The molecular weight excluding hydrogens is 253 g/mol. The maximum Gasteiger partial charge on any atom is 0.168 e. The van der Waals surface area contributed by atoms with Crippen LogP contribution in [0.15, 0.2) is 36.7 Å². The number of benzene rings is 1. The van der Waals surface area contributed by atoms with Gasteiger partial charge in [0.25, 0.3) is 0 Å². The summed E-state index contributed by atoms with van der Waals surface area (Å²) in [5, 5.41) is 0.549. The number of aromatic nitrogens is 1. The van der Waals surface area contributed by atoms with E-state index in [1.54, 1.807) is 6.07 Å². The lowest BCUT2D eigenvalue weighted by Crippen LogP contribution is -2.05. The minimum atomic E-state index is -0.518. The molecule has 2 aromatic rings. The molecule has 0 atom stereocenters. The van der Waals surface area contributed by atoms with E-state index in [0.29, 0.717) is 5.02 Å². The van der Waals surface area contributed by atoms with E-state index in [-0.39, 0.29) is 17.8 Å². The van der Waals surface area contributed by atoms with Crippen molar-refractivity contribution in [2.75, 3.05) is 0 Å². The van der Waals surface area contributed by atoms with Gasteiger partial charge in [-0.2, -0.15) is 0 Å². The number of Topliss-reactive ketones (excluding diaryl/α,β-unsaturated/α-hetero) is 1. The number of aryl methyl sites for hydroxylation is 1. The van der Waals surface area contributed by atoms with Gasteiger partial charge in [-0.25, -0.2) is 4.39 Å². The van der Waals surface area contributed by atoms with Gasteiger partial charge in [-0.15, -0.1) is 0 Å². The molecule has 0 saturated carbocycles. The van der Waals surface area contributed by atoms with Crippen molar-refractivity contribution in [3.05, 3.63) is 64.2 Å². The fraction of sp³-hybridized carbons (Fsp3) is 0.143. The third-order valence-corrected chi connectivity index (χ3v) is 2.94. The first-order valence-electron chi connectivity index (χ1n) is 5.45. The molecule has 0 bridgehead atoms. The Bertz CT molecular complexity index is 598. The number of carbonyl (C=O) groups is 1. The highest BCUT2D eigenvalue weighted by Gasteiger charge is 2.10. The summed E-state index contributed by atoms with van der Waals surface area (Å²) in [4.78, 5) is 15.6. The van der Waals surface area contributed by atoms with Crippen molar-refractivity contribution in [3.8, 4) is 0 Å². The number of hydrogen-bond acceptors (Lipinski definition) is 2. The van der Waals surface area contributed by atoms with Crippen LogP contribution in [0.4, 0.5) is 4.39 Å². The molecule has 0 aliphatic carbocycles. The number of halogens is 2. The number of carbonyl (C=O) groups excluding carboxylic acids is 1. The molecule has 92 valence electrons. The Kier molecular flexibility index (Phi) is 3.72. The van der Waals surface area contributed by atoms with Crippen LogP contribution in [0.25, 0.3) is 0 Å². The minimum Gasteiger partial charge on any atom is -0.294 e.